The Morgan fingerprint density at radius 2 is 2.12 bits per heavy atom. The molecule has 0 bridgehead atoms. The molecule has 0 aliphatic carbocycles. The zero-order chi connectivity index (χ0) is 11.5. The van der Waals surface area contributed by atoms with Gasteiger partial charge in [-0.05, 0) is 12.5 Å². The van der Waals surface area contributed by atoms with Crippen LogP contribution < -0.4 is 4.84 Å². The number of nitrogens with zero attached hydrogens (tertiary/aromatic N) is 1. The fourth-order valence-electron chi connectivity index (χ4n) is 1.88. The van der Waals surface area contributed by atoms with Crippen molar-refractivity contribution in [2.75, 3.05) is 7.11 Å². The quantitative estimate of drug-likeness (QED) is 0.737. The summed E-state index contributed by atoms with van der Waals surface area (Å²) in [5.41, 5.74) is 1.68. The minimum absolute atomic E-state index is 0.175. The van der Waals surface area contributed by atoms with Gasteiger partial charge in [-0.15, -0.1) is 0 Å². The number of aromatic nitrogens is 1. The topological polar surface area (TPSA) is 31.2 Å². The summed E-state index contributed by atoms with van der Waals surface area (Å²) in [4.78, 5) is 17.1. The van der Waals surface area contributed by atoms with Crippen LogP contribution in [0, 0.1) is 0 Å². The van der Waals surface area contributed by atoms with E-state index in [-0.39, 0.29) is 5.78 Å². The maximum atomic E-state index is 11.9. The molecule has 16 heavy (non-hydrogen) atoms. The van der Waals surface area contributed by atoms with Crippen LogP contribution in [0.15, 0.2) is 30.5 Å². The third-order valence-corrected chi connectivity index (χ3v) is 2.65. The van der Waals surface area contributed by atoms with E-state index in [1.165, 1.54) is 0 Å². The van der Waals surface area contributed by atoms with Crippen LogP contribution in [0.4, 0.5) is 0 Å². The molecule has 0 saturated carbocycles. The normalized spacial score (nSPS) is 10.6. The van der Waals surface area contributed by atoms with E-state index in [1.807, 2.05) is 31.2 Å². The Bertz CT molecular complexity index is 514. The molecule has 2 rings (SSSR count). The Morgan fingerprint density at radius 1 is 1.38 bits per heavy atom. The molecule has 0 aliphatic rings. The Hall–Kier alpha value is -1.77. The van der Waals surface area contributed by atoms with E-state index in [0.717, 1.165) is 22.9 Å². The van der Waals surface area contributed by atoms with Crippen molar-refractivity contribution in [3.8, 4) is 0 Å². The van der Waals surface area contributed by atoms with Crippen LogP contribution in [0.5, 0.6) is 0 Å². The number of carbonyl (C=O) groups excluding carboxylic acids is 1. The van der Waals surface area contributed by atoms with Crippen LogP contribution in [-0.4, -0.2) is 17.6 Å². The maximum absolute atomic E-state index is 11.9. The standard InChI is InChI=1S/C13H15NO2/c1-3-6-13(15)11-9-14(16-2)12-8-5-4-7-10(11)12/h4-5,7-9H,3,6H2,1-2H3. The summed E-state index contributed by atoms with van der Waals surface area (Å²) in [5.74, 6) is 0.175. The van der Waals surface area contributed by atoms with E-state index in [1.54, 1.807) is 18.0 Å². The number of fused-ring (bicyclic) bond motifs is 1. The van der Waals surface area contributed by atoms with E-state index in [2.05, 4.69) is 0 Å². The Balaban J connectivity index is 2.57. The number of carbonyl (C=O) groups is 1. The minimum atomic E-state index is 0.175. The molecule has 84 valence electrons. The predicted octanol–water partition coefficient (Wildman–Crippen LogP) is 2.68. The fraction of sp³-hybridized carbons (Fsp3) is 0.308. The van der Waals surface area contributed by atoms with Crippen molar-refractivity contribution in [1.82, 2.24) is 4.73 Å². The fourth-order valence-corrected chi connectivity index (χ4v) is 1.88. The van der Waals surface area contributed by atoms with E-state index in [4.69, 9.17) is 4.84 Å². The highest BCUT2D eigenvalue weighted by Crippen LogP contribution is 2.21. The molecular formula is C13H15NO2. The predicted molar refractivity (Wildman–Crippen MR) is 63.7 cm³/mol. The first kappa shape index (κ1) is 10.7. The highest BCUT2D eigenvalue weighted by molar-refractivity contribution is 6.07. The third kappa shape index (κ3) is 1.69. The van der Waals surface area contributed by atoms with Crippen LogP contribution in [0.25, 0.3) is 10.9 Å². The second-order valence-electron chi connectivity index (χ2n) is 3.74. The summed E-state index contributed by atoms with van der Waals surface area (Å²) in [6.07, 6.45) is 3.21. The van der Waals surface area contributed by atoms with E-state index in [0.29, 0.717) is 6.42 Å². The Labute approximate surface area is 94.6 Å². The van der Waals surface area contributed by atoms with Crippen molar-refractivity contribution in [2.45, 2.75) is 19.8 Å². The SMILES string of the molecule is CCCC(=O)c1cn(OC)c2ccccc12. The third-order valence-electron chi connectivity index (χ3n) is 2.65. The molecule has 0 atom stereocenters. The molecule has 0 radical (unpaired) electrons. The number of para-hydroxylation sites is 1. The zero-order valence-electron chi connectivity index (χ0n) is 9.56. The number of Topliss-reactive ketones (excluding diaryl/α,β-unsaturated/α-hetero) is 1. The van der Waals surface area contributed by atoms with Gasteiger partial charge in [0.25, 0.3) is 0 Å². The van der Waals surface area contributed by atoms with Gasteiger partial charge in [0.2, 0.25) is 0 Å². The lowest BCUT2D eigenvalue weighted by Gasteiger charge is -1.99. The molecule has 0 unspecified atom stereocenters. The first-order valence-corrected chi connectivity index (χ1v) is 5.45. The first-order chi connectivity index (χ1) is 7.77. The molecular weight excluding hydrogens is 202 g/mol. The van der Waals surface area contributed by atoms with Gasteiger partial charge in [0.1, 0.15) is 7.11 Å². The molecule has 1 heterocycles. The van der Waals surface area contributed by atoms with E-state index in [9.17, 15) is 4.79 Å². The largest absolute Gasteiger partial charge is 0.417 e. The minimum Gasteiger partial charge on any atom is -0.417 e. The van der Waals surface area contributed by atoms with E-state index >= 15 is 0 Å². The van der Waals surface area contributed by atoms with Crippen molar-refractivity contribution >= 4 is 16.7 Å². The Kier molecular flexibility index (Phi) is 2.95. The van der Waals surface area contributed by atoms with Gasteiger partial charge >= 0.3 is 0 Å². The van der Waals surface area contributed by atoms with Crippen molar-refractivity contribution in [3.05, 3.63) is 36.0 Å². The molecule has 0 N–H and O–H groups in total. The zero-order valence-corrected chi connectivity index (χ0v) is 9.56. The van der Waals surface area contributed by atoms with Gasteiger partial charge in [-0.3, -0.25) is 4.79 Å². The van der Waals surface area contributed by atoms with Crippen molar-refractivity contribution < 1.29 is 9.63 Å². The molecule has 0 fully saturated rings. The van der Waals surface area contributed by atoms with Crippen LogP contribution in [-0.2, 0) is 0 Å². The highest BCUT2D eigenvalue weighted by atomic mass is 16.6. The molecule has 1 aromatic heterocycles. The second kappa shape index (κ2) is 4.39. The highest BCUT2D eigenvalue weighted by Gasteiger charge is 2.13. The van der Waals surface area contributed by atoms with Crippen molar-refractivity contribution in [1.29, 1.82) is 0 Å². The van der Waals surface area contributed by atoms with Gasteiger partial charge in [-0.1, -0.05) is 25.1 Å². The molecule has 3 nitrogen and oxygen atoms in total. The average molecular weight is 217 g/mol. The second-order valence-corrected chi connectivity index (χ2v) is 3.74. The molecule has 0 saturated heterocycles. The first-order valence-electron chi connectivity index (χ1n) is 5.45. The smallest absolute Gasteiger partial charge is 0.165 e. The van der Waals surface area contributed by atoms with Crippen LogP contribution >= 0.6 is 0 Å². The lowest BCUT2D eigenvalue weighted by atomic mass is 10.1. The molecule has 1 aromatic carbocycles. The van der Waals surface area contributed by atoms with Crippen molar-refractivity contribution in [3.63, 3.8) is 0 Å². The van der Waals surface area contributed by atoms with Crippen LogP contribution in [0.2, 0.25) is 0 Å². The summed E-state index contributed by atoms with van der Waals surface area (Å²) in [6, 6.07) is 7.77. The molecule has 3 heteroatoms. The van der Waals surface area contributed by atoms with Gasteiger partial charge in [0.15, 0.2) is 5.78 Å². The van der Waals surface area contributed by atoms with Gasteiger partial charge < -0.3 is 4.84 Å². The summed E-state index contributed by atoms with van der Waals surface area (Å²) < 4.78 is 1.64. The molecule has 0 spiro atoms. The van der Waals surface area contributed by atoms with E-state index < -0.39 is 0 Å². The lowest BCUT2D eigenvalue weighted by molar-refractivity contribution is 0.0981. The summed E-state index contributed by atoms with van der Waals surface area (Å²) >= 11 is 0. The summed E-state index contributed by atoms with van der Waals surface area (Å²) in [7, 11) is 1.60. The molecule has 0 aliphatic heterocycles. The number of hydrogen-bond donors (Lipinski definition) is 0. The van der Waals surface area contributed by atoms with Crippen molar-refractivity contribution in [2.24, 2.45) is 0 Å². The molecule has 2 aromatic rings. The number of ketones is 1. The Morgan fingerprint density at radius 3 is 2.81 bits per heavy atom. The van der Waals surface area contributed by atoms with Crippen LogP contribution in [0.3, 0.4) is 0 Å². The number of rotatable bonds is 4. The van der Waals surface area contributed by atoms with Gasteiger partial charge in [-0.2, -0.15) is 4.73 Å². The maximum Gasteiger partial charge on any atom is 0.165 e. The summed E-state index contributed by atoms with van der Waals surface area (Å²) in [6.45, 7) is 2.01. The van der Waals surface area contributed by atoms with Gasteiger partial charge in [0.05, 0.1) is 11.7 Å². The van der Waals surface area contributed by atoms with Gasteiger partial charge in [0, 0.05) is 17.4 Å². The number of hydrogen-bond acceptors (Lipinski definition) is 2. The monoisotopic (exact) mass is 217 g/mol. The molecule has 0 amide bonds. The number of benzene rings is 1. The summed E-state index contributed by atoms with van der Waals surface area (Å²) in [5, 5.41) is 0.961. The van der Waals surface area contributed by atoms with Crippen LogP contribution in [0.1, 0.15) is 30.1 Å². The lowest BCUT2D eigenvalue weighted by Crippen LogP contribution is -2.03. The van der Waals surface area contributed by atoms with Gasteiger partial charge in [-0.25, -0.2) is 0 Å². The average Bonchev–Trinajstić information content (AvgIpc) is 2.68.